The Kier molecular flexibility index (Phi) is 2.88. The maximum atomic E-state index is 13.0. The van der Waals surface area contributed by atoms with Gasteiger partial charge >= 0.3 is 11.9 Å². The Balaban J connectivity index is 1.39. The molecule has 6 nitrogen and oxygen atoms in total. The molecule has 0 N–H and O–H groups in total. The number of hydrogen-bond donors (Lipinski definition) is 0. The van der Waals surface area contributed by atoms with Crippen molar-refractivity contribution in [2.24, 2.45) is 71.0 Å². The van der Waals surface area contributed by atoms with E-state index in [0.29, 0.717) is 11.8 Å². The fourth-order valence-corrected chi connectivity index (χ4v) is 25.0. The highest BCUT2D eigenvalue weighted by Crippen LogP contribution is 3.10. The minimum atomic E-state index is -0.676. The van der Waals surface area contributed by atoms with Gasteiger partial charge in [0.15, 0.2) is 0 Å². The SMILES string of the molecule is COC12[C@H]3[C@H]4[C@H]5[C@@H]6C7(OC)[C@H]4[C@@]4(OC(C)=O)[C@@H]8[C@@H]9[C@@H]%10[C@H](C1(Br)[C@H]9[C@@]34Br)[C@](Br)([C@@H]52)[C@@]6(OC(C)=O)[C@@H]%10C87Br. The minimum absolute atomic E-state index is 0.0271. The molecule has 10 heteroatoms. The Morgan fingerprint density at radius 3 is 1.14 bits per heavy atom. The Labute approximate surface area is 241 Å². The average molecular weight is 752 g/mol. The normalized spacial score (nSPS) is 81.6. The molecule has 0 spiro atoms. The maximum Gasteiger partial charge on any atom is 0.303 e. The van der Waals surface area contributed by atoms with Gasteiger partial charge in [0.1, 0.15) is 11.2 Å². The molecule has 0 heterocycles. The van der Waals surface area contributed by atoms with Crippen molar-refractivity contribution in [1.82, 2.24) is 0 Å². The van der Waals surface area contributed by atoms with Gasteiger partial charge < -0.3 is 18.9 Å². The van der Waals surface area contributed by atoms with Gasteiger partial charge in [-0.1, -0.05) is 63.7 Å². The molecular weight excluding hydrogens is 728 g/mol. The van der Waals surface area contributed by atoms with Crippen LogP contribution in [0.15, 0.2) is 0 Å². The molecule has 36 heavy (non-hydrogen) atoms. The largest absolute Gasteiger partial charge is 0.457 e. The molecule has 0 radical (unpaired) electrons. The first-order valence-electron chi connectivity index (χ1n) is 13.2. The lowest BCUT2D eigenvalue weighted by Crippen LogP contribution is -2.62. The van der Waals surface area contributed by atoms with E-state index >= 15 is 0 Å². The summed E-state index contributed by atoms with van der Waals surface area (Å²) in [6.07, 6.45) is 0. The number of hydrogen-bond acceptors (Lipinski definition) is 6. The van der Waals surface area contributed by atoms with Crippen molar-refractivity contribution in [2.75, 3.05) is 14.2 Å². The Morgan fingerprint density at radius 2 is 0.778 bits per heavy atom. The highest BCUT2D eigenvalue weighted by molar-refractivity contribution is 9.11. The maximum absolute atomic E-state index is 13.0. The zero-order valence-corrected chi connectivity index (χ0v) is 26.2. The monoisotopic (exact) mass is 748 g/mol. The summed E-state index contributed by atoms with van der Waals surface area (Å²) in [7, 11) is 3.75. The van der Waals surface area contributed by atoms with Gasteiger partial charge in [-0.15, -0.1) is 0 Å². The summed E-state index contributed by atoms with van der Waals surface area (Å²) in [5, 5.41) is 0. The highest BCUT2D eigenvalue weighted by atomic mass is 79.9. The van der Waals surface area contributed by atoms with Gasteiger partial charge in [-0.25, -0.2) is 0 Å². The summed E-state index contributed by atoms with van der Waals surface area (Å²) >= 11 is 18.0. The molecule has 192 valence electrons. The van der Waals surface area contributed by atoms with Crippen LogP contribution in [-0.2, 0) is 28.5 Å². The number of esters is 2. The highest BCUT2D eigenvalue weighted by Gasteiger charge is 3.20. The quantitative estimate of drug-likeness (QED) is 0.324. The molecule has 0 saturated heterocycles. The summed E-state index contributed by atoms with van der Waals surface area (Å²) in [6.45, 7) is 3.14. The molecule has 0 aliphatic heterocycles. The van der Waals surface area contributed by atoms with Crippen molar-refractivity contribution in [3.8, 4) is 0 Å². The number of rotatable bonds is 4. The standard InChI is InChI=1S/C26H24Br4O6/c1-5(31)35-25-15-7-8-12-19(27)11(7)20(25,28)13-9-10-14(23(13,19)33-3)21(12,29)26(36-6(2)32)16(8)22(15,30)24(34-4,17(9)25)18(10)26/h7-18H,1-4H3/t7-,8-,9-,10-,11-,12+,13-,14+,15+,16-,17-,18+,19?,20+,21-,22?,23?,24?,25-,26+/m1/s1. The second kappa shape index (κ2) is 4.82. The van der Waals surface area contributed by atoms with Crippen LogP contribution in [-0.4, -0.2) is 65.9 Å². The van der Waals surface area contributed by atoms with Crippen LogP contribution in [0.5, 0.6) is 0 Å². The minimum Gasteiger partial charge on any atom is -0.457 e. The predicted molar refractivity (Wildman–Crippen MR) is 137 cm³/mol. The van der Waals surface area contributed by atoms with Gasteiger partial charge in [-0.05, 0) is 23.7 Å². The third-order valence-corrected chi connectivity index (χ3v) is 21.4. The van der Waals surface area contributed by atoms with Crippen molar-refractivity contribution in [2.45, 2.75) is 53.5 Å². The molecule has 0 aromatic rings. The van der Waals surface area contributed by atoms with E-state index in [1.54, 1.807) is 13.8 Å². The second-order valence-electron chi connectivity index (χ2n) is 14.0. The molecular formula is C26H24Br4O6. The third kappa shape index (κ3) is 1.11. The molecule has 0 amide bonds. The molecule has 12 aliphatic rings. The first-order chi connectivity index (χ1) is 16.9. The van der Waals surface area contributed by atoms with Gasteiger partial charge in [-0.3, -0.25) is 9.59 Å². The molecule has 20 atom stereocenters. The van der Waals surface area contributed by atoms with Crippen LogP contribution in [0.4, 0.5) is 0 Å². The number of carbonyl (C=O) groups excluding carboxylic acids is 2. The van der Waals surface area contributed by atoms with Crippen molar-refractivity contribution in [1.29, 1.82) is 0 Å². The van der Waals surface area contributed by atoms with E-state index in [1.165, 1.54) is 0 Å². The zero-order chi connectivity index (χ0) is 24.9. The van der Waals surface area contributed by atoms with Gasteiger partial charge in [-0.2, -0.15) is 0 Å². The third-order valence-electron chi connectivity index (χ3n) is 15.0. The van der Waals surface area contributed by atoms with Gasteiger partial charge in [0.25, 0.3) is 0 Å². The lowest BCUT2D eigenvalue weighted by Gasteiger charge is -2.49. The molecule has 12 saturated carbocycles. The molecule has 0 bridgehead atoms. The van der Waals surface area contributed by atoms with Gasteiger partial charge in [0.05, 0.1) is 28.5 Å². The average Bonchev–Trinajstić information content (AvgIpc) is 3.60. The van der Waals surface area contributed by atoms with E-state index in [1.807, 2.05) is 14.2 Å². The number of ether oxygens (including phenoxy) is 4. The Morgan fingerprint density at radius 1 is 0.500 bits per heavy atom. The fourth-order valence-electron chi connectivity index (χ4n) is 16.7. The van der Waals surface area contributed by atoms with Crippen LogP contribution in [0, 0.1) is 71.0 Å². The van der Waals surface area contributed by atoms with E-state index in [-0.39, 0.29) is 84.1 Å². The molecule has 12 rings (SSSR count). The number of carbonyl (C=O) groups is 2. The summed E-state index contributed by atoms with van der Waals surface area (Å²) in [5.74, 6) is 1.84. The van der Waals surface area contributed by atoms with Crippen LogP contribution >= 0.6 is 63.7 Å². The zero-order valence-electron chi connectivity index (χ0n) is 19.9. The van der Waals surface area contributed by atoms with E-state index in [9.17, 15) is 9.59 Å². The van der Waals surface area contributed by atoms with E-state index in [0.717, 1.165) is 0 Å². The topological polar surface area (TPSA) is 71.1 Å². The van der Waals surface area contributed by atoms with Crippen molar-refractivity contribution >= 4 is 75.7 Å². The van der Waals surface area contributed by atoms with Crippen LogP contribution < -0.4 is 0 Å². The van der Waals surface area contributed by atoms with E-state index in [2.05, 4.69) is 63.7 Å². The Bertz CT molecular complexity index is 1270. The van der Waals surface area contributed by atoms with Gasteiger partial charge in [0.2, 0.25) is 0 Å². The molecule has 12 aliphatic carbocycles. The molecule has 12 fully saturated rings. The van der Waals surface area contributed by atoms with Crippen LogP contribution in [0.3, 0.4) is 0 Å². The fraction of sp³-hybridized carbons (Fsp3) is 0.923. The lowest BCUT2D eigenvalue weighted by molar-refractivity contribution is -0.182. The summed E-state index contributed by atoms with van der Waals surface area (Å²) in [5.41, 5.74) is -2.36. The summed E-state index contributed by atoms with van der Waals surface area (Å²) < 4.78 is 25.9. The van der Waals surface area contributed by atoms with Crippen LogP contribution in [0.2, 0.25) is 0 Å². The van der Waals surface area contributed by atoms with Crippen molar-refractivity contribution < 1.29 is 28.5 Å². The molecule has 0 aromatic heterocycles. The number of methoxy groups -OCH3 is 2. The van der Waals surface area contributed by atoms with Crippen LogP contribution in [0.1, 0.15) is 13.8 Å². The first-order valence-corrected chi connectivity index (χ1v) is 16.3. The smallest absolute Gasteiger partial charge is 0.303 e. The van der Waals surface area contributed by atoms with Gasteiger partial charge in [0, 0.05) is 75.4 Å². The van der Waals surface area contributed by atoms with E-state index in [4.69, 9.17) is 18.9 Å². The number of halogens is 4. The lowest BCUT2D eigenvalue weighted by atomic mass is 9.71. The summed E-state index contributed by atoms with van der Waals surface area (Å²) in [4.78, 5) is 26.0. The predicted octanol–water partition coefficient (Wildman–Crippen LogP) is 3.44. The van der Waals surface area contributed by atoms with Crippen molar-refractivity contribution in [3.63, 3.8) is 0 Å². The second-order valence-corrected chi connectivity index (χ2v) is 19.2. The summed E-state index contributed by atoms with van der Waals surface area (Å²) in [6, 6.07) is 0. The Hall–Kier alpha value is 0.780. The van der Waals surface area contributed by atoms with E-state index < -0.39 is 26.7 Å². The molecule has 4 unspecified atom stereocenters. The van der Waals surface area contributed by atoms with Crippen LogP contribution in [0.25, 0.3) is 0 Å². The number of alkyl halides is 4. The van der Waals surface area contributed by atoms with Crippen molar-refractivity contribution in [3.05, 3.63) is 0 Å². The molecule has 0 aromatic carbocycles. The first kappa shape index (κ1) is 21.5.